The van der Waals surface area contributed by atoms with E-state index in [4.69, 9.17) is 4.74 Å². The van der Waals surface area contributed by atoms with E-state index in [1.807, 2.05) is 37.3 Å². The van der Waals surface area contributed by atoms with Crippen molar-refractivity contribution in [3.8, 4) is 5.75 Å². The number of nitrogens with zero attached hydrogens (tertiary/aromatic N) is 3. The molecule has 1 aromatic rings. The van der Waals surface area contributed by atoms with Gasteiger partial charge < -0.3 is 19.6 Å². The lowest BCUT2D eigenvalue weighted by Gasteiger charge is -2.55. The number of piperazine rings is 2. The van der Waals surface area contributed by atoms with E-state index >= 15 is 0 Å². The molecule has 0 spiro atoms. The van der Waals surface area contributed by atoms with Gasteiger partial charge in [0.05, 0.1) is 12.1 Å². The number of hydrogen-bond donors (Lipinski definition) is 1. The molecule has 0 aromatic heterocycles. The second kappa shape index (κ2) is 7.63. The number of carbonyl (C=O) groups is 2. The van der Waals surface area contributed by atoms with Crippen LogP contribution in [0.3, 0.4) is 0 Å². The zero-order valence-electron chi connectivity index (χ0n) is 15.4. The Hall–Kier alpha value is -2.12. The molecule has 0 bridgehead atoms. The SMILES string of the molecule is CC(=O)N1C[C@@H]2CN(C(=O)COc3ccccc3)CCN2[C@](C)(CO)C1. The summed E-state index contributed by atoms with van der Waals surface area (Å²) in [4.78, 5) is 30.2. The number of rotatable bonds is 4. The lowest BCUT2D eigenvalue weighted by atomic mass is 9.91. The molecule has 3 rings (SSSR count). The Balaban J connectivity index is 1.63. The summed E-state index contributed by atoms with van der Waals surface area (Å²) in [6, 6.07) is 9.31. The molecule has 2 heterocycles. The second-order valence-electron chi connectivity index (χ2n) is 7.34. The van der Waals surface area contributed by atoms with Crippen LogP contribution in [-0.4, -0.2) is 89.1 Å². The summed E-state index contributed by atoms with van der Waals surface area (Å²) in [6.07, 6.45) is 0. The molecule has 0 unspecified atom stereocenters. The third-order valence-electron chi connectivity index (χ3n) is 5.38. The first-order valence-electron chi connectivity index (χ1n) is 9.02. The number of amides is 2. The van der Waals surface area contributed by atoms with Gasteiger partial charge in [0, 0.05) is 45.7 Å². The standard InChI is InChI=1S/C19H27N3O4/c1-15(24)21-11-16-10-20(8-9-22(16)19(2,13-21)14-23)18(25)12-26-17-6-4-3-5-7-17/h3-7,16,23H,8-14H2,1-2H3/t16-,19-/m0/s1. The van der Waals surface area contributed by atoms with Crippen molar-refractivity contribution in [2.45, 2.75) is 25.4 Å². The minimum absolute atomic E-state index is 0.000172. The van der Waals surface area contributed by atoms with Crippen LogP contribution in [0.25, 0.3) is 0 Å². The van der Waals surface area contributed by atoms with E-state index in [0.29, 0.717) is 38.5 Å². The lowest BCUT2D eigenvalue weighted by Crippen LogP contribution is -2.72. The van der Waals surface area contributed by atoms with Gasteiger partial charge in [-0.1, -0.05) is 18.2 Å². The van der Waals surface area contributed by atoms with Crippen molar-refractivity contribution >= 4 is 11.8 Å². The molecule has 0 saturated carbocycles. The van der Waals surface area contributed by atoms with E-state index in [1.165, 1.54) is 0 Å². The van der Waals surface area contributed by atoms with Crippen LogP contribution in [0.4, 0.5) is 0 Å². The van der Waals surface area contributed by atoms with Crippen molar-refractivity contribution in [3.63, 3.8) is 0 Å². The molecule has 1 N–H and O–H groups in total. The number of fused-ring (bicyclic) bond motifs is 1. The van der Waals surface area contributed by atoms with E-state index in [0.717, 1.165) is 0 Å². The highest BCUT2D eigenvalue weighted by atomic mass is 16.5. The zero-order valence-corrected chi connectivity index (χ0v) is 15.4. The first-order chi connectivity index (χ1) is 12.4. The van der Waals surface area contributed by atoms with Crippen LogP contribution in [0, 0.1) is 0 Å². The lowest BCUT2D eigenvalue weighted by molar-refractivity contribution is -0.150. The minimum atomic E-state index is -0.468. The van der Waals surface area contributed by atoms with E-state index in [-0.39, 0.29) is 31.1 Å². The van der Waals surface area contributed by atoms with Crippen LogP contribution in [0.5, 0.6) is 5.75 Å². The molecular weight excluding hydrogens is 334 g/mol. The Morgan fingerprint density at radius 3 is 2.54 bits per heavy atom. The molecular formula is C19H27N3O4. The summed E-state index contributed by atoms with van der Waals surface area (Å²) in [7, 11) is 0. The van der Waals surface area contributed by atoms with Gasteiger partial charge in [-0.2, -0.15) is 0 Å². The molecule has 0 radical (unpaired) electrons. The molecule has 7 heteroatoms. The number of aliphatic hydroxyl groups excluding tert-OH is 1. The molecule has 2 aliphatic heterocycles. The van der Waals surface area contributed by atoms with Crippen LogP contribution >= 0.6 is 0 Å². The van der Waals surface area contributed by atoms with E-state index in [9.17, 15) is 14.7 Å². The molecule has 2 atom stereocenters. The molecule has 2 aliphatic rings. The summed E-state index contributed by atoms with van der Waals surface area (Å²) in [5, 5.41) is 9.89. The molecule has 2 amide bonds. The van der Waals surface area contributed by atoms with Gasteiger partial charge in [0.2, 0.25) is 5.91 Å². The van der Waals surface area contributed by atoms with Gasteiger partial charge in [0.1, 0.15) is 5.75 Å². The molecule has 1 aromatic carbocycles. The molecule has 2 saturated heterocycles. The Bertz CT molecular complexity index is 653. The van der Waals surface area contributed by atoms with Gasteiger partial charge >= 0.3 is 0 Å². The molecule has 2 fully saturated rings. The predicted octanol–water partition coefficient (Wildman–Crippen LogP) is 0.191. The minimum Gasteiger partial charge on any atom is -0.484 e. The number of para-hydroxylation sites is 1. The average molecular weight is 361 g/mol. The Kier molecular flexibility index (Phi) is 5.48. The van der Waals surface area contributed by atoms with Gasteiger partial charge in [-0.3, -0.25) is 14.5 Å². The Morgan fingerprint density at radius 1 is 1.19 bits per heavy atom. The quantitative estimate of drug-likeness (QED) is 0.829. The van der Waals surface area contributed by atoms with Crippen molar-refractivity contribution in [2.75, 3.05) is 45.9 Å². The maximum absolute atomic E-state index is 12.5. The van der Waals surface area contributed by atoms with E-state index < -0.39 is 5.54 Å². The van der Waals surface area contributed by atoms with Crippen LogP contribution < -0.4 is 4.74 Å². The predicted molar refractivity (Wildman–Crippen MR) is 96.8 cm³/mol. The number of aliphatic hydroxyl groups is 1. The topological polar surface area (TPSA) is 73.3 Å². The molecule has 26 heavy (non-hydrogen) atoms. The molecule has 0 aliphatic carbocycles. The van der Waals surface area contributed by atoms with E-state index in [1.54, 1.807) is 16.7 Å². The van der Waals surface area contributed by atoms with Crippen molar-refractivity contribution in [1.29, 1.82) is 0 Å². The fourth-order valence-corrected chi connectivity index (χ4v) is 3.90. The number of ether oxygens (including phenoxy) is 1. The number of hydrogen-bond acceptors (Lipinski definition) is 5. The number of carbonyl (C=O) groups excluding carboxylic acids is 2. The summed E-state index contributed by atoms with van der Waals surface area (Å²) in [5.74, 6) is 0.618. The van der Waals surface area contributed by atoms with Gasteiger partial charge in [0.15, 0.2) is 6.61 Å². The van der Waals surface area contributed by atoms with Crippen LogP contribution in [0.2, 0.25) is 0 Å². The summed E-state index contributed by atoms with van der Waals surface area (Å²) in [5.41, 5.74) is -0.468. The smallest absolute Gasteiger partial charge is 0.260 e. The molecule has 142 valence electrons. The fraction of sp³-hybridized carbons (Fsp3) is 0.579. The van der Waals surface area contributed by atoms with Crippen LogP contribution in [0.15, 0.2) is 30.3 Å². The summed E-state index contributed by atoms with van der Waals surface area (Å²) >= 11 is 0. The number of benzene rings is 1. The zero-order chi connectivity index (χ0) is 18.7. The van der Waals surface area contributed by atoms with Crippen molar-refractivity contribution in [1.82, 2.24) is 14.7 Å². The van der Waals surface area contributed by atoms with Gasteiger partial charge in [-0.25, -0.2) is 0 Å². The largest absolute Gasteiger partial charge is 0.484 e. The van der Waals surface area contributed by atoms with Crippen molar-refractivity contribution in [2.24, 2.45) is 0 Å². The first kappa shape index (κ1) is 18.7. The van der Waals surface area contributed by atoms with Crippen molar-refractivity contribution in [3.05, 3.63) is 30.3 Å². The second-order valence-corrected chi connectivity index (χ2v) is 7.34. The van der Waals surface area contributed by atoms with Crippen LogP contribution in [-0.2, 0) is 9.59 Å². The van der Waals surface area contributed by atoms with Gasteiger partial charge in [0.25, 0.3) is 5.91 Å². The van der Waals surface area contributed by atoms with E-state index in [2.05, 4.69) is 4.90 Å². The highest BCUT2D eigenvalue weighted by Gasteiger charge is 2.46. The Labute approximate surface area is 154 Å². The third kappa shape index (κ3) is 3.83. The van der Waals surface area contributed by atoms with Gasteiger partial charge in [-0.15, -0.1) is 0 Å². The highest BCUT2D eigenvalue weighted by molar-refractivity contribution is 5.78. The van der Waals surface area contributed by atoms with Crippen LogP contribution in [0.1, 0.15) is 13.8 Å². The maximum atomic E-state index is 12.5. The first-order valence-corrected chi connectivity index (χ1v) is 9.02. The summed E-state index contributed by atoms with van der Waals surface area (Å²) < 4.78 is 5.57. The monoisotopic (exact) mass is 361 g/mol. The highest BCUT2D eigenvalue weighted by Crippen LogP contribution is 2.28. The summed E-state index contributed by atoms with van der Waals surface area (Å²) in [6.45, 7) is 6.43. The average Bonchev–Trinajstić information content (AvgIpc) is 2.66. The fourth-order valence-electron chi connectivity index (χ4n) is 3.90. The Morgan fingerprint density at radius 2 is 1.88 bits per heavy atom. The third-order valence-corrected chi connectivity index (χ3v) is 5.38. The van der Waals surface area contributed by atoms with Gasteiger partial charge in [-0.05, 0) is 19.1 Å². The molecule has 7 nitrogen and oxygen atoms in total. The normalized spacial score (nSPS) is 26.3. The van der Waals surface area contributed by atoms with Crippen molar-refractivity contribution < 1.29 is 19.4 Å². The maximum Gasteiger partial charge on any atom is 0.260 e.